The van der Waals surface area contributed by atoms with Crippen molar-refractivity contribution in [1.29, 1.82) is 0 Å². The summed E-state index contributed by atoms with van der Waals surface area (Å²) in [5.74, 6) is 0.0744. The van der Waals surface area contributed by atoms with Gasteiger partial charge in [-0.25, -0.2) is 0 Å². The van der Waals surface area contributed by atoms with E-state index in [9.17, 15) is 4.79 Å². The second-order valence-corrected chi connectivity index (χ2v) is 6.39. The highest BCUT2D eigenvalue weighted by molar-refractivity contribution is 5.77. The molecule has 1 N–H and O–H groups in total. The Morgan fingerprint density at radius 1 is 1.10 bits per heavy atom. The van der Waals surface area contributed by atoms with Crippen LogP contribution in [0.15, 0.2) is 48.7 Å². The molecule has 2 rings (SSSR count). The van der Waals surface area contributed by atoms with Crippen molar-refractivity contribution >= 4 is 5.91 Å². The molecule has 1 aromatic heterocycles. The average molecular weight is 282 g/mol. The Hall–Kier alpha value is -2.16. The van der Waals surface area contributed by atoms with Crippen LogP contribution in [0, 0.1) is 5.41 Å². The summed E-state index contributed by atoms with van der Waals surface area (Å²) in [6.07, 6.45) is 2.30. The highest BCUT2D eigenvalue weighted by atomic mass is 16.1. The summed E-state index contributed by atoms with van der Waals surface area (Å²) in [5.41, 5.74) is 3.03. The van der Waals surface area contributed by atoms with Gasteiger partial charge < -0.3 is 5.32 Å². The molecule has 110 valence electrons. The van der Waals surface area contributed by atoms with Gasteiger partial charge in [0.05, 0.1) is 5.69 Å². The van der Waals surface area contributed by atoms with Gasteiger partial charge in [-0.3, -0.25) is 9.78 Å². The van der Waals surface area contributed by atoms with Crippen molar-refractivity contribution in [2.45, 2.75) is 33.7 Å². The van der Waals surface area contributed by atoms with Crippen molar-refractivity contribution in [3.05, 3.63) is 54.2 Å². The Balaban J connectivity index is 2.10. The number of amides is 1. The quantitative estimate of drug-likeness (QED) is 0.926. The Morgan fingerprint density at radius 3 is 2.48 bits per heavy atom. The zero-order valence-corrected chi connectivity index (χ0v) is 12.9. The fourth-order valence-electron chi connectivity index (χ4n) is 2.18. The summed E-state index contributed by atoms with van der Waals surface area (Å²) in [5, 5.41) is 2.99. The monoisotopic (exact) mass is 282 g/mol. The van der Waals surface area contributed by atoms with Gasteiger partial charge in [-0.2, -0.15) is 0 Å². The zero-order valence-electron chi connectivity index (χ0n) is 12.9. The van der Waals surface area contributed by atoms with E-state index in [1.807, 2.05) is 42.5 Å². The predicted molar refractivity (Wildman–Crippen MR) is 85.6 cm³/mol. The van der Waals surface area contributed by atoms with Crippen LogP contribution in [-0.4, -0.2) is 10.9 Å². The van der Waals surface area contributed by atoms with Crippen LogP contribution in [0.3, 0.4) is 0 Å². The van der Waals surface area contributed by atoms with E-state index in [4.69, 9.17) is 0 Å². The minimum Gasteiger partial charge on any atom is -0.352 e. The van der Waals surface area contributed by atoms with E-state index >= 15 is 0 Å². The minimum absolute atomic E-state index is 0.00127. The number of nitrogens with one attached hydrogen (secondary N) is 1. The van der Waals surface area contributed by atoms with Gasteiger partial charge in [0.25, 0.3) is 0 Å². The summed E-state index contributed by atoms with van der Waals surface area (Å²) >= 11 is 0. The number of hydrogen-bond acceptors (Lipinski definition) is 2. The summed E-state index contributed by atoms with van der Waals surface area (Å²) in [6, 6.07) is 13.9. The molecule has 3 heteroatoms. The first-order chi connectivity index (χ1) is 9.96. The van der Waals surface area contributed by atoms with Crippen LogP contribution < -0.4 is 5.32 Å². The lowest BCUT2D eigenvalue weighted by molar-refractivity contribution is -0.122. The third kappa shape index (κ3) is 4.71. The molecule has 0 fully saturated rings. The fraction of sp³-hybridized carbons (Fsp3) is 0.333. The third-order valence-electron chi connectivity index (χ3n) is 3.11. The second kappa shape index (κ2) is 6.53. The van der Waals surface area contributed by atoms with Crippen LogP contribution in [-0.2, 0) is 11.3 Å². The molecule has 0 unspecified atom stereocenters. The van der Waals surface area contributed by atoms with Gasteiger partial charge in [-0.1, -0.05) is 57.2 Å². The topological polar surface area (TPSA) is 42.0 Å². The van der Waals surface area contributed by atoms with E-state index < -0.39 is 0 Å². The first-order valence-electron chi connectivity index (χ1n) is 7.22. The van der Waals surface area contributed by atoms with E-state index in [0.29, 0.717) is 13.0 Å². The molecule has 0 aliphatic heterocycles. The summed E-state index contributed by atoms with van der Waals surface area (Å²) in [4.78, 5) is 16.4. The van der Waals surface area contributed by atoms with Crippen molar-refractivity contribution in [2.24, 2.45) is 5.41 Å². The summed E-state index contributed by atoms with van der Waals surface area (Å²) < 4.78 is 0. The molecular weight excluding hydrogens is 260 g/mol. The van der Waals surface area contributed by atoms with Crippen molar-refractivity contribution in [2.75, 3.05) is 0 Å². The SMILES string of the molecule is CC(C)(C)CC(=O)NCc1cccnc1-c1ccccc1. The number of aromatic nitrogens is 1. The maximum absolute atomic E-state index is 11.9. The van der Waals surface area contributed by atoms with Crippen LogP contribution in [0.25, 0.3) is 11.3 Å². The van der Waals surface area contributed by atoms with E-state index in [1.54, 1.807) is 6.20 Å². The molecular formula is C18H22N2O. The van der Waals surface area contributed by atoms with Crippen molar-refractivity contribution < 1.29 is 4.79 Å². The van der Waals surface area contributed by atoms with Crippen LogP contribution in [0.1, 0.15) is 32.8 Å². The molecule has 2 aromatic rings. The van der Waals surface area contributed by atoms with Gasteiger partial charge in [0, 0.05) is 24.7 Å². The minimum atomic E-state index is 0.00127. The molecule has 1 aromatic carbocycles. The van der Waals surface area contributed by atoms with Crippen LogP contribution in [0.4, 0.5) is 0 Å². The molecule has 0 bridgehead atoms. The largest absolute Gasteiger partial charge is 0.352 e. The van der Waals surface area contributed by atoms with Crippen molar-refractivity contribution in [3.8, 4) is 11.3 Å². The molecule has 0 saturated heterocycles. The number of benzene rings is 1. The van der Waals surface area contributed by atoms with Crippen LogP contribution in [0.5, 0.6) is 0 Å². The Morgan fingerprint density at radius 2 is 1.81 bits per heavy atom. The highest BCUT2D eigenvalue weighted by Crippen LogP contribution is 2.21. The van der Waals surface area contributed by atoms with Gasteiger partial charge in [0.2, 0.25) is 5.91 Å². The second-order valence-electron chi connectivity index (χ2n) is 6.39. The molecule has 0 radical (unpaired) electrons. The average Bonchev–Trinajstić information content (AvgIpc) is 2.45. The Kier molecular flexibility index (Phi) is 4.73. The third-order valence-corrected chi connectivity index (χ3v) is 3.11. The lowest BCUT2D eigenvalue weighted by atomic mass is 9.92. The van der Waals surface area contributed by atoms with E-state index in [1.165, 1.54) is 0 Å². The standard InChI is InChI=1S/C18H22N2O/c1-18(2,3)12-16(21)20-13-15-10-7-11-19-17(15)14-8-5-4-6-9-14/h4-11H,12-13H2,1-3H3,(H,20,21). The first-order valence-corrected chi connectivity index (χ1v) is 7.22. The predicted octanol–water partition coefficient (Wildman–Crippen LogP) is 3.80. The smallest absolute Gasteiger partial charge is 0.220 e. The number of carbonyl (C=O) groups excluding carboxylic acids is 1. The van der Waals surface area contributed by atoms with Gasteiger partial charge >= 0.3 is 0 Å². The number of nitrogens with zero attached hydrogens (tertiary/aromatic N) is 1. The van der Waals surface area contributed by atoms with Crippen LogP contribution in [0.2, 0.25) is 0 Å². The highest BCUT2D eigenvalue weighted by Gasteiger charge is 2.16. The van der Waals surface area contributed by atoms with Gasteiger partial charge in [0.1, 0.15) is 0 Å². The molecule has 0 atom stereocenters. The molecule has 1 heterocycles. The molecule has 0 spiro atoms. The number of hydrogen-bond donors (Lipinski definition) is 1. The van der Waals surface area contributed by atoms with Crippen molar-refractivity contribution in [3.63, 3.8) is 0 Å². The normalized spacial score (nSPS) is 11.2. The Labute approximate surface area is 126 Å². The molecule has 0 saturated carbocycles. The summed E-state index contributed by atoms with van der Waals surface area (Å²) in [6.45, 7) is 6.69. The molecule has 21 heavy (non-hydrogen) atoms. The first kappa shape index (κ1) is 15.2. The molecule has 3 nitrogen and oxygen atoms in total. The van der Waals surface area contributed by atoms with Gasteiger partial charge in [-0.05, 0) is 17.0 Å². The van der Waals surface area contributed by atoms with Crippen molar-refractivity contribution in [1.82, 2.24) is 10.3 Å². The lowest BCUT2D eigenvalue weighted by Gasteiger charge is -2.17. The van der Waals surface area contributed by atoms with Gasteiger partial charge in [0.15, 0.2) is 0 Å². The van der Waals surface area contributed by atoms with E-state index in [2.05, 4.69) is 31.1 Å². The fourth-order valence-corrected chi connectivity index (χ4v) is 2.18. The molecule has 1 amide bonds. The Bertz CT molecular complexity index is 600. The maximum atomic E-state index is 11.9. The maximum Gasteiger partial charge on any atom is 0.220 e. The lowest BCUT2D eigenvalue weighted by Crippen LogP contribution is -2.27. The molecule has 0 aliphatic rings. The summed E-state index contributed by atoms with van der Waals surface area (Å²) in [7, 11) is 0. The number of rotatable bonds is 4. The molecule has 0 aliphatic carbocycles. The number of pyridine rings is 1. The van der Waals surface area contributed by atoms with E-state index in [-0.39, 0.29) is 11.3 Å². The zero-order chi connectivity index (χ0) is 15.3. The number of carbonyl (C=O) groups is 1. The van der Waals surface area contributed by atoms with E-state index in [0.717, 1.165) is 16.8 Å². The van der Waals surface area contributed by atoms with Gasteiger partial charge in [-0.15, -0.1) is 0 Å². The van der Waals surface area contributed by atoms with Crippen LogP contribution >= 0.6 is 0 Å².